The van der Waals surface area contributed by atoms with Crippen molar-refractivity contribution in [3.8, 4) is 5.75 Å². The molecular formula is C19H30FNO2Si. The van der Waals surface area contributed by atoms with Crippen LogP contribution in [0.15, 0.2) is 17.7 Å². The van der Waals surface area contributed by atoms with Gasteiger partial charge in [-0.15, -0.1) is 0 Å². The van der Waals surface area contributed by atoms with E-state index in [1.807, 2.05) is 19.1 Å². The van der Waals surface area contributed by atoms with E-state index < -0.39 is 8.32 Å². The summed E-state index contributed by atoms with van der Waals surface area (Å²) in [6, 6.07) is 3.26. The van der Waals surface area contributed by atoms with Crippen LogP contribution in [0.25, 0.3) is 6.08 Å². The highest BCUT2D eigenvalue weighted by molar-refractivity contribution is 6.74. The van der Waals surface area contributed by atoms with E-state index >= 15 is 0 Å². The van der Waals surface area contributed by atoms with E-state index in [0.29, 0.717) is 25.4 Å². The van der Waals surface area contributed by atoms with Crippen LogP contribution in [0.4, 0.5) is 4.39 Å². The van der Waals surface area contributed by atoms with Crippen LogP contribution in [-0.4, -0.2) is 27.6 Å². The highest BCUT2D eigenvalue weighted by atomic mass is 28.4. The minimum Gasteiger partial charge on any atom is -0.492 e. The zero-order valence-corrected chi connectivity index (χ0v) is 16.7. The molecule has 0 aromatic heterocycles. The van der Waals surface area contributed by atoms with Gasteiger partial charge in [0, 0.05) is 12.1 Å². The smallest absolute Gasteiger partial charge is 0.192 e. The summed E-state index contributed by atoms with van der Waals surface area (Å²) in [5.74, 6) is 0.317. The molecule has 2 N–H and O–H groups in total. The number of rotatable bonds is 6. The van der Waals surface area contributed by atoms with Gasteiger partial charge in [0.25, 0.3) is 0 Å². The Labute approximate surface area is 146 Å². The second-order valence-electron chi connectivity index (χ2n) is 8.29. The molecule has 0 radical (unpaired) electrons. The van der Waals surface area contributed by atoms with E-state index in [1.54, 1.807) is 0 Å². The van der Waals surface area contributed by atoms with Crippen LogP contribution >= 0.6 is 0 Å². The van der Waals surface area contributed by atoms with E-state index in [9.17, 15) is 4.39 Å². The van der Waals surface area contributed by atoms with E-state index in [4.69, 9.17) is 14.9 Å². The van der Waals surface area contributed by atoms with Crippen LogP contribution in [0.5, 0.6) is 5.75 Å². The molecule has 1 unspecified atom stereocenters. The van der Waals surface area contributed by atoms with Crippen LogP contribution in [0.1, 0.15) is 38.8 Å². The number of hydrogen-bond donors (Lipinski definition) is 1. The van der Waals surface area contributed by atoms with Gasteiger partial charge in [0.05, 0.1) is 6.61 Å². The summed E-state index contributed by atoms with van der Waals surface area (Å²) in [5, 5.41) is 0.171. The van der Waals surface area contributed by atoms with Crippen molar-refractivity contribution in [3.63, 3.8) is 0 Å². The largest absolute Gasteiger partial charge is 0.492 e. The van der Waals surface area contributed by atoms with Crippen molar-refractivity contribution in [1.29, 1.82) is 0 Å². The molecule has 1 aliphatic rings. The molecule has 0 aliphatic heterocycles. The molecule has 1 aliphatic carbocycles. The number of fused-ring (bicyclic) bond motifs is 1. The lowest BCUT2D eigenvalue weighted by Crippen LogP contribution is -2.41. The lowest BCUT2D eigenvalue weighted by molar-refractivity contribution is 0.294. The monoisotopic (exact) mass is 351 g/mol. The summed E-state index contributed by atoms with van der Waals surface area (Å²) in [6.07, 6.45) is 2.65. The molecule has 1 aromatic carbocycles. The third-order valence-corrected chi connectivity index (χ3v) is 9.38. The molecule has 1 aromatic rings. The van der Waals surface area contributed by atoms with Gasteiger partial charge in [-0.25, -0.2) is 4.39 Å². The number of halogens is 1. The van der Waals surface area contributed by atoms with Crippen molar-refractivity contribution < 1.29 is 13.6 Å². The lowest BCUT2D eigenvalue weighted by atomic mass is 10.1. The predicted molar refractivity (Wildman–Crippen MR) is 100 cm³/mol. The molecule has 1 atom stereocenters. The zero-order valence-electron chi connectivity index (χ0n) is 15.7. The molecule has 5 heteroatoms. The Morgan fingerprint density at radius 2 is 1.96 bits per heavy atom. The minimum absolute atomic E-state index is 0.0783. The molecule has 0 saturated heterocycles. The minimum atomic E-state index is -1.80. The Morgan fingerprint density at radius 3 is 2.54 bits per heavy atom. The van der Waals surface area contributed by atoms with Crippen molar-refractivity contribution in [1.82, 2.24) is 0 Å². The Hall–Kier alpha value is -1.17. The summed E-state index contributed by atoms with van der Waals surface area (Å²) in [6.45, 7) is 13.9. The first kappa shape index (κ1) is 19.2. The van der Waals surface area contributed by atoms with Crippen molar-refractivity contribution in [3.05, 3.63) is 34.6 Å². The summed E-state index contributed by atoms with van der Waals surface area (Å²) in [4.78, 5) is 0. The van der Waals surface area contributed by atoms with Crippen molar-refractivity contribution in [2.75, 3.05) is 13.2 Å². The Kier molecular flexibility index (Phi) is 5.57. The first-order valence-electron chi connectivity index (χ1n) is 8.54. The van der Waals surface area contributed by atoms with Crippen LogP contribution in [0, 0.1) is 5.82 Å². The van der Waals surface area contributed by atoms with Gasteiger partial charge in [0.1, 0.15) is 18.2 Å². The van der Waals surface area contributed by atoms with E-state index in [2.05, 4.69) is 33.9 Å². The van der Waals surface area contributed by atoms with Gasteiger partial charge < -0.3 is 14.9 Å². The lowest BCUT2D eigenvalue weighted by Gasteiger charge is -2.36. The van der Waals surface area contributed by atoms with Gasteiger partial charge in [-0.3, -0.25) is 0 Å². The fraction of sp³-hybridized carbons (Fsp3) is 0.579. The SMILES string of the molecule is CC(N)COc1cc(F)c2c(c1)C=C(CO[Si](C)(C)C(C)(C)C)C2. The third kappa shape index (κ3) is 4.46. The summed E-state index contributed by atoms with van der Waals surface area (Å²) >= 11 is 0. The van der Waals surface area contributed by atoms with Crippen LogP contribution in [-0.2, 0) is 10.8 Å². The van der Waals surface area contributed by atoms with E-state index in [1.165, 1.54) is 6.07 Å². The average Bonchev–Trinajstić information content (AvgIpc) is 2.85. The summed E-state index contributed by atoms with van der Waals surface area (Å²) < 4.78 is 26.1. The molecule has 2 rings (SSSR count). The number of benzene rings is 1. The van der Waals surface area contributed by atoms with Gasteiger partial charge in [-0.05, 0) is 54.2 Å². The van der Waals surface area contributed by atoms with E-state index in [-0.39, 0.29) is 16.9 Å². The second-order valence-corrected chi connectivity index (χ2v) is 13.1. The Balaban J connectivity index is 2.08. The van der Waals surface area contributed by atoms with Crippen molar-refractivity contribution in [2.45, 2.75) is 58.3 Å². The normalized spacial score (nSPS) is 15.9. The van der Waals surface area contributed by atoms with Crippen LogP contribution in [0.3, 0.4) is 0 Å². The quantitative estimate of drug-likeness (QED) is 0.767. The molecule has 0 heterocycles. The summed E-state index contributed by atoms with van der Waals surface area (Å²) in [7, 11) is -1.80. The van der Waals surface area contributed by atoms with Gasteiger partial charge in [0.15, 0.2) is 8.32 Å². The first-order chi connectivity index (χ1) is 11.0. The second kappa shape index (κ2) is 6.98. The number of ether oxygens (including phenoxy) is 1. The highest BCUT2D eigenvalue weighted by Gasteiger charge is 2.37. The molecule has 0 amide bonds. The van der Waals surface area contributed by atoms with Gasteiger partial charge >= 0.3 is 0 Å². The average molecular weight is 352 g/mol. The topological polar surface area (TPSA) is 44.5 Å². The van der Waals surface area contributed by atoms with E-state index in [0.717, 1.165) is 16.7 Å². The third-order valence-electron chi connectivity index (χ3n) is 4.90. The predicted octanol–water partition coefficient (Wildman–Crippen LogP) is 4.51. The maximum atomic E-state index is 14.3. The molecule has 0 fully saturated rings. The Bertz CT molecular complexity index is 633. The van der Waals surface area contributed by atoms with Gasteiger partial charge in [0.2, 0.25) is 0 Å². The standard InChI is InChI=1S/C19H30FNO2Si/c1-13(21)11-22-16-9-15-7-14(8-17(15)18(20)10-16)12-23-24(5,6)19(2,3)4/h7,9-10,13H,8,11-12,21H2,1-6H3. The van der Waals surface area contributed by atoms with Crippen LogP contribution in [0.2, 0.25) is 18.1 Å². The molecular weight excluding hydrogens is 321 g/mol. The highest BCUT2D eigenvalue weighted by Crippen LogP contribution is 2.38. The van der Waals surface area contributed by atoms with Crippen molar-refractivity contribution in [2.24, 2.45) is 5.73 Å². The summed E-state index contributed by atoms with van der Waals surface area (Å²) in [5.41, 5.74) is 8.43. The molecule has 3 nitrogen and oxygen atoms in total. The molecule has 0 bridgehead atoms. The maximum absolute atomic E-state index is 14.3. The van der Waals surface area contributed by atoms with Gasteiger partial charge in [-0.1, -0.05) is 26.8 Å². The first-order valence-corrected chi connectivity index (χ1v) is 11.4. The molecule has 0 spiro atoms. The fourth-order valence-electron chi connectivity index (χ4n) is 2.34. The molecule has 24 heavy (non-hydrogen) atoms. The number of hydrogen-bond acceptors (Lipinski definition) is 3. The van der Waals surface area contributed by atoms with Crippen LogP contribution < -0.4 is 10.5 Å². The maximum Gasteiger partial charge on any atom is 0.192 e. The van der Waals surface area contributed by atoms with Gasteiger partial charge in [-0.2, -0.15) is 0 Å². The molecule has 0 saturated carbocycles. The Morgan fingerprint density at radius 1 is 1.29 bits per heavy atom. The molecule has 134 valence electrons. The van der Waals surface area contributed by atoms with Crippen molar-refractivity contribution >= 4 is 14.4 Å². The fourth-order valence-corrected chi connectivity index (χ4v) is 3.32. The number of nitrogens with two attached hydrogens (primary N) is 1. The zero-order chi connectivity index (χ0) is 18.1.